The standard InChI is InChI=1S/C11H13N3OS2/c1-2-7-5-13-9(17-7)6-14-11(15)10-8(12)3-4-16-10/h3-5H,2,6,12H2,1H3,(H,14,15). The first-order chi connectivity index (χ1) is 8.20. The van der Waals surface area contributed by atoms with Crippen LogP contribution < -0.4 is 11.1 Å². The van der Waals surface area contributed by atoms with E-state index in [-0.39, 0.29) is 5.91 Å². The molecule has 2 aromatic heterocycles. The zero-order valence-corrected chi connectivity index (χ0v) is 11.0. The molecule has 1 amide bonds. The minimum atomic E-state index is -0.134. The van der Waals surface area contributed by atoms with Crippen molar-refractivity contribution in [2.45, 2.75) is 19.9 Å². The van der Waals surface area contributed by atoms with Crippen molar-refractivity contribution in [1.29, 1.82) is 0 Å². The Labute approximate surface area is 107 Å². The number of hydrogen-bond acceptors (Lipinski definition) is 5. The fourth-order valence-electron chi connectivity index (χ4n) is 1.33. The van der Waals surface area contributed by atoms with E-state index in [1.54, 1.807) is 17.4 Å². The molecule has 90 valence electrons. The molecule has 0 aliphatic rings. The Hall–Kier alpha value is -1.40. The van der Waals surface area contributed by atoms with Crippen molar-refractivity contribution in [3.8, 4) is 0 Å². The van der Waals surface area contributed by atoms with E-state index in [1.165, 1.54) is 16.2 Å². The molecule has 0 aliphatic carbocycles. The van der Waals surface area contributed by atoms with Crippen LogP contribution in [-0.4, -0.2) is 10.9 Å². The molecule has 3 N–H and O–H groups in total. The van der Waals surface area contributed by atoms with Crippen molar-refractivity contribution in [2.75, 3.05) is 5.73 Å². The van der Waals surface area contributed by atoms with Gasteiger partial charge < -0.3 is 11.1 Å². The van der Waals surface area contributed by atoms with Gasteiger partial charge >= 0.3 is 0 Å². The predicted molar refractivity (Wildman–Crippen MR) is 71.4 cm³/mol. The van der Waals surface area contributed by atoms with E-state index in [1.807, 2.05) is 11.6 Å². The van der Waals surface area contributed by atoms with Gasteiger partial charge in [0.2, 0.25) is 0 Å². The number of aryl methyl sites for hydroxylation is 1. The maximum Gasteiger partial charge on any atom is 0.263 e. The Kier molecular flexibility index (Phi) is 3.75. The molecule has 0 fully saturated rings. The average molecular weight is 267 g/mol. The largest absolute Gasteiger partial charge is 0.397 e. The highest BCUT2D eigenvalue weighted by atomic mass is 32.1. The molecule has 0 spiro atoms. The van der Waals surface area contributed by atoms with Crippen LogP contribution in [0.3, 0.4) is 0 Å². The monoisotopic (exact) mass is 267 g/mol. The van der Waals surface area contributed by atoms with Crippen LogP contribution in [-0.2, 0) is 13.0 Å². The maximum atomic E-state index is 11.8. The highest BCUT2D eigenvalue weighted by Crippen LogP contribution is 2.19. The number of aromatic nitrogens is 1. The molecule has 6 heteroatoms. The summed E-state index contributed by atoms with van der Waals surface area (Å²) in [6.07, 6.45) is 2.83. The molecule has 2 heterocycles. The second kappa shape index (κ2) is 5.29. The van der Waals surface area contributed by atoms with Gasteiger partial charge in [0.1, 0.15) is 9.88 Å². The summed E-state index contributed by atoms with van der Waals surface area (Å²) in [7, 11) is 0. The second-order valence-electron chi connectivity index (χ2n) is 3.46. The number of thiophene rings is 1. The number of anilines is 1. The molecule has 0 unspecified atom stereocenters. The Morgan fingerprint density at radius 2 is 2.41 bits per heavy atom. The minimum Gasteiger partial charge on any atom is -0.397 e. The lowest BCUT2D eigenvalue weighted by Crippen LogP contribution is -2.22. The summed E-state index contributed by atoms with van der Waals surface area (Å²) < 4.78 is 0. The molecule has 2 aromatic rings. The Bertz CT molecular complexity index is 518. The molecule has 0 radical (unpaired) electrons. The molecule has 0 aromatic carbocycles. The highest BCUT2D eigenvalue weighted by Gasteiger charge is 2.11. The zero-order valence-electron chi connectivity index (χ0n) is 9.40. The van der Waals surface area contributed by atoms with Gasteiger partial charge in [0.15, 0.2) is 0 Å². The van der Waals surface area contributed by atoms with Gasteiger partial charge in [-0.05, 0) is 17.9 Å². The molecule has 0 aliphatic heterocycles. The Morgan fingerprint density at radius 1 is 1.59 bits per heavy atom. The van der Waals surface area contributed by atoms with Gasteiger partial charge in [-0.15, -0.1) is 22.7 Å². The van der Waals surface area contributed by atoms with Crippen LogP contribution in [0.25, 0.3) is 0 Å². The van der Waals surface area contributed by atoms with Crippen LogP contribution in [0.1, 0.15) is 26.5 Å². The van der Waals surface area contributed by atoms with Crippen molar-refractivity contribution in [2.24, 2.45) is 0 Å². The number of nitrogens with one attached hydrogen (secondary N) is 1. The quantitative estimate of drug-likeness (QED) is 0.893. The lowest BCUT2D eigenvalue weighted by Gasteiger charge is -2.01. The summed E-state index contributed by atoms with van der Waals surface area (Å²) in [6.45, 7) is 2.54. The number of carbonyl (C=O) groups excluding carboxylic acids is 1. The third kappa shape index (κ3) is 2.83. The number of nitrogens with two attached hydrogens (primary N) is 1. The Morgan fingerprint density at radius 3 is 3.00 bits per heavy atom. The lowest BCUT2D eigenvalue weighted by molar-refractivity contribution is 0.0956. The van der Waals surface area contributed by atoms with Crippen LogP contribution in [0, 0.1) is 0 Å². The molecule has 0 saturated heterocycles. The summed E-state index contributed by atoms with van der Waals surface area (Å²) in [5.41, 5.74) is 6.20. The fourth-order valence-corrected chi connectivity index (χ4v) is 2.87. The van der Waals surface area contributed by atoms with E-state index in [0.29, 0.717) is 17.1 Å². The number of thiazole rings is 1. The summed E-state index contributed by atoms with van der Waals surface area (Å²) in [5, 5.41) is 5.55. The normalized spacial score (nSPS) is 10.4. The summed E-state index contributed by atoms with van der Waals surface area (Å²) in [6, 6.07) is 1.73. The van der Waals surface area contributed by atoms with Gasteiger partial charge in [-0.25, -0.2) is 4.98 Å². The summed E-state index contributed by atoms with van der Waals surface area (Å²) in [4.78, 5) is 17.8. The SMILES string of the molecule is CCc1cnc(CNC(=O)c2sccc2N)s1. The van der Waals surface area contributed by atoms with Gasteiger partial charge in [0, 0.05) is 11.1 Å². The Balaban J connectivity index is 1.94. The van der Waals surface area contributed by atoms with Gasteiger partial charge in [-0.1, -0.05) is 6.92 Å². The average Bonchev–Trinajstić information content (AvgIpc) is 2.94. The van der Waals surface area contributed by atoms with Crippen LogP contribution >= 0.6 is 22.7 Å². The van der Waals surface area contributed by atoms with Gasteiger partial charge in [0.25, 0.3) is 5.91 Å². The molecule has 4 nitrogen and oxygen atoms in total. The summed E-state index contributed by atoms with van der Waals surface area (Å²) in [5.74, 6) is -0.134. The van der Waals surface area contributed by atoms with Crippen LogP contribution in [0.5, 0.6) is 0 Å². The van der Waals surface area contributed by atoms with E-state index in [0.717, 1.165) is 11.4 Å². The molecular weight excluding hydrogens is 254 g/mol. The van der Waals surface area contributed by atoms with E-state index in [9.17, 15) is 4.79 Å². The van der Waals surface area contributed by atoms with Crippen molar-refractivity contribution in [3.05, 3.63) is 32.4 Å². The smallest absolute Gasteiger partial charge is 0.263 e. The zero-order chi connectivity index (χ0) is 12.3. The van der Waals surface area contributed by atoms with Gasteiger partial charge in [-0.3, -0.25) is 4.79 Å². The molecule has 2 rings (SSSR count). The first-order valence-corrected chi connectivity index (χ1v) is 6.95. The van der Waals surface area contributed by atoms with E-state index in [4.69, 9.17) is 5.73 Å². The minimum absolute atomic E-state index is 0.134. The molecule has 17 heavy (non-hydrogen) atoms. The number of nitrogens with zero attached hydrogens (tertiary/aromatic N) is 1. The van der Waals surface area contributed by atoms with Crippen molar-refractivity contribution in [1.82, 2.24) is 10.3 Å². The predicted octanol–water partition coefficient (Wildman–Crippen LogP) is 2.28. The first-order valence-electron chi connectivity index (χ1n) is 5.25. The van der Waals surface area contributed by atoms with E-state index in [2.05, 4.69) is 17.2 Å². The third-order valence-electron chi connectivity index (χ3n) is 2.25. The van der Waals surface area contributed by atoms with Crippen LogP contribution in [0.2, 0.25) is 0 Å². The van der Waals surface area contributed by atoms with Crippen LogP contribution in [0.15, 0.2) is 17.6 Å². The first kappa shape index (κ1) is 12.1. The molecule has 0 bridgehead atoms. The fraction of sp³-hybridized carbons (Fsp3) is 0.273. The topological polar surface area (TPSA) is 68.0 Å². The maximum absolute atomic E-state index is 11.8. The van der Waals surface area contributed by atoms with Crippen LogP contribution in [0.4, 0.5) is 5.69 Å². The third-order valence-corrected chi connectivity index (χ3v) is 4.32. The number of carbonyl (C=O) groups is 1. The van der Waals surface area contributed by atoms with Gasteiger partial charge in [0.05, 0.1) is 12.2 Å². The summed E-state index contributed by atoms with van der Waals surface area (Å²) >= 11 is 2.97. The van der Waals surface area contributed by atoms with Crippen molar-refractivity contribution in [3.63, 3.8) is 0 Å². The molecular formula is C11H13N3OS2. The number of hydrogen-bond donors (Lipinski definition) is 2. The highest BCUT2D eigenvalue weighted by molar-refractivity contribution is 7.12. The molecule has 0 saturated carbocycles. The number of nitrogen functional groups attached to an aromatic ring is 1. The lowest BCUT2D eigenvalue weighted by atomic mass is 10.4. The van der Waals surface area contributed by atoms with Gasteiger partial charge in [-0.2, -0.15) is 0 Å². The van der Waals surface area contributed by atoms with E-state index >= 15 is 0 Å². The van der Waals surface area contributed by atoms with Crippen molar-refractivity contribution < 1.29 is 4.79 Å². The number of rotatable bonds is 4. The van der Waals surface area contributed by atoms with E-state index < -0.39 is 0 Å². The molecule has 0 atom stereocenters. The van der Waals surface area contributed by atoms with Crippen molar-refractivity contribution >= 4 is 34.3 Å². The second-order valence-corrected chi connectivity index (χ2v) is 5.58. The number of amides is 1.